The van der Waals surface area contributed by atoms with Crippen molar-refractivity contribution in [1.82, 2.24) is 24.6 Å². The van der Waals surface area contributed by atoms with E-state index in [1.54, 1.807) is 6.20 Å². The zero-order chi connectivity index (χ0) is 28.4. The van der Waals surface area contributed by atoms with E-state index < -0.39 is 23.6 Å². The van der Waals surface area contributed by atoms with Gasteiger partial charge in [0.15, 0.2) is 0 Å². The van der Waals surface area contributed by atoms with Gasteiger partial charge in [-0.1, -0.05) is 13.0 Å². The van der Waals surface area contributed by atoms with Crippen LogP contribution in [0.3, 0.4) is 0 Å². The summed E-state index contributed by atoms with van der Waals surface area (Å²) in [6.45, 7) is 6.16. The van der Waals surface area contributed by atoms with E-state index in [2.05, 4.69) is 25.8 Å². The van der Waals surface area contributed by atoms with Gasteiger partial charge < -0.3 is 21.7 Å². The fraction of sp³-hybridized carbons (Fsp3) is 0.296. The van der Waals surface area contributed by atoms with Gasteiger partial charge in [-0.05, 0) is 36.4 Å². The molecule has 1 aliphatic rings. The Hall–Kier alpha value is -4.23. The summed E-state index contributed by atoms with van der Waals surface area (Å²) in [6.07, 6.45) is -2.25. The van der Waals surface area contributed by atoms with E-state index in [1.807, 2.05) is 11.3 Å². The molecule has 13 heteroatoms. The molecule has 0 aliphatic carbocycles. The molecule has 0 unspecified atom stereocenters. The number of nitrogens with zero attached hydrogens (tertiary/aromatic N) is 4. The predicted octanol–water partition coefficient (Wildman–Crippen LogP) is 4.75. The molecule has 0 atom stereocenters. The van der Waals surface area contributed by atoms with Crippen molar-refractivity contribution in [2.45, 2.75) is 26.1 Å². The Morgan fingerprint density at radius 2 is 1.82 bits per heavy atom. The highest BCUT2D eigenvalue weighted by Crippen LogP contribution is 2.33. The first kappa shape index (κ1) is 27.3. The second-order valence-electron chi connectivity index (χ2n) is 9.43. The van der Waals surface area contributed by atoms with E-state index in [0.717, 1.165) is 50.1 Å². The minimum atomic E-state index is -4.55. The standard InChI is InChI=1S/C27H28F4N8O/c1-2-22-37-23(24-25(32)34-14-19(39(22)24)15-38-10-8-33-9-11-38)20-7-6-18(13-21(20)28)36-26(40)35-17-5-3-4-16(12-17)27(29,30)31/h3-7,12-14,33H,2,8-11,15H2,1H3,(H2,32,34)(H2,35,36,40). The van der Waals surface area contributed by atoms with Crippen molar-refractivity contribution < 1.29 is 22.4 Å². The number of aromatic nitrogens is 3. The van der Waals surface area contributed by atoms with Crippen LogP contribution in [0.2, 0.25) is 0 Å². The van der Waals surface area contributed by atoms with Crippen LogP contribution in [0.25, 0.3) is 16.8 Å². The lowest BCUT2D eigenvalue weighted by atomic mass is 10.1. The summed E-state index contributed by atoms with van der Waals surface area (Å²) in [5, 5.41) is 8.10. The Morgan fingerprint density at radius 1 is 1.10 bits per heavy atom. The summed E-state index contributed by atoms with van der Waals surface area (Å²) in [5.74, 6) is 0.269. The van der Waals surface area contributed by atoms with E-state index in [0.29, 0.717) is 30.0 Å². The van der Waals surface area contributed by atoms with Crippen molar-refractivity contribution in [2.75, 3.05) is 42.5 Å². The third-order valence-electron chi connectivity index (χ3n) is 6.67. The lowest BCUT2D eigenvalue weighted by Gasteiger charge is -2.27. The molecule has 5 rings (SSSR count). The average Bonchev–Trinajstić information content (AvgIpc) is 3.31. The molecule has 1 aliphatic heterocycles. The molecule has 0 saturated carbocycles. The molecule has 2 aromatic heterocycles. The number of urea groups is 1. The number of imidazole rings is 1. The highest BCUT2D eigenvalue weighted by molar-refractivity contribution is 6.00. The summed E-state index contributed by atoms with van der Waals surface area (Å²) in [5.41, 5.74) is 7.33. The number of carbonyl (C=O) groups excluding carboxylic acids is 1. The number of halogens is 4. The smallest absolute Gasteiger partial charge is 0.382 e. The number of benzene rings is 2. The first-order valence-electron chi connectivity index (χ1n) is 12.8. The normalized spacial score (nSPS) is 14.4. The monoisotopic (exact) mass is 556 g/mol. The molecule has 40 heavy (non-hydrogen) atoms. The van der Waals surface area contributed by atoms with Gasteiger partial charge in [0.1, 0.15) is 28.7 Å². The molecule has 4 aromatic rings. The summed E-state index contributed by atoms with van der Waals surface area (Å²) < 4.78 is 56.2. The number of rotatable bonds is 6. The number of carbonyl (C=O) groups is 1. The molecule has 0 radical (unpaired) electrons. The van der Waals surface area contributed by atoms with Gasteiger partial charge in [-0.15, -0.1) is 0 Å². The lowest BCUT2D eigenvalue weighted by Crippen LogP contribution is -2.43. The Labute approximate surface area is 227 Å². The van der Waals surface area contributed by atoms with E-state index in [4.69, 9.17) is 10.7 Å². The lowest BCUT2D eigenvalue weighted by molar-refractivity contribution is -0.137. The average molecular weight is 557 g/mol. The number of alkyl halides is 3. The topological polar surface area (TPSA) is 113 Å². The number of fused-ring (bicyclic) bond motifs is 1. The first-order valence-corrected chi connectivity index (χ1v) is 12.8. The largest absolute Gasteiger partial charge is 0.416 e. The Kier molecular flexibility index (Phi) is 7.59. The molecule has 1 fully saturated rings. The van der Waals surface area contributed by atoms with E-state index in [9.17, 15) is 18.0 Å². The number of hydrogen-bond donors (Lipinski definition) is 4. The van der Waals surface area contributed by atoms with Crippen LogP contribution >= 0.6 is 0 Å². The first-order chi connectivity index (χ1) is 19.1. The third-order valence-corrected chi connectivity index (χ3v) is 6.67. The van der Waals surface area contributed by atoms with Gasteiger partial charge in [0, 0.05) is 56.1 Å². The van der Waals surface area contributed by atoms with Crippen LogP contribution in [0, 0.1) is 5.82 Å². The Balaban J connectivity index is 1.40. The quantitative estimate of drug-likeness (QED) is 0.255. The van der Waals surface area contributed by atoms with Crippen LogP contribution in [0.5, 0.6) is 0 Å². The minimum absolute atomic E-state index is 0.0550. The fourth-order valence-electron chi connectivity index (χ4n) is 4.76. The second-order valence-corrected chi connectivity index (χ2v) is 9.43. The number of nitrogen functional groups attached to an aromatic ring is 1. The van der Waals surface area contributed by atoms with Gasteiger partial charge in [0.25, 0.3) is 0 Å². The summed E-state index contributed by atoms with van der Waals surface area (Å²) in [7, 11) is 0. The zero-order valence-corrected chi connectivity index (χ0v) is 21.6. The third kappa shape index (κ3) is 5.70. The number of anilines is 3. The molecule has 0 bridgehead atoms. The number of hydrogen-bond acceptors (Lipinski definition) is 6. The number of nitrogens with two attached hydrogens (primary N) is 1. The highest BCUT2D eigenvalue weighted by atomic mass is 19.4. The molecule has 2 amide bonds. The Bertz CT molecular complexity index is 1550. The molecular weight excluding hydrogens is 528 g/mol. The summed E-state index contributed by atoms with van der Waals surface area (Å²) in [4.78, 5) is 23.8. The van der Waals surface area contributed by atoms with Crippen LogP contribution in [0.4, 0.5) is 39.5 Å². The predicted molar refractivity (Wildman–Crippen MR) is 144 cm³/mol. The minimum Gasteiger partial charge on any atom is -0.382 e. The molecular formula is C27H28F4N8O. The molecule has 2 aromatic carbocycles. The summed E-state index contributed by atoms with van der Waals surface area (Å²) >= 11 is 0. The van der Waals surface area contributed by atoms with Gasteiger partial charge in [-0.3, -0.25) is 9.30 Å². The second kappa shape index (κ2) is 11.1. The van der Waals surface area contributed by atoms with Crippen molar-refractivity contribution >= 4 is 28.7 Å². The molecule has 0 spiro atoms. The molecule has 1 saturated heterocycles. The SMILES string of the molecule is CCc1nc(-c2ccc(NC(=O)Nc3cccc(C(F)(F)F)c3)cc2F)c2c(N)ncc(CN3CCNCC3)n12. The van der Waals surface area contributed by atoms with E-state index >= 15 is 4.39 Å². The van der Waals surface area contributed by atoms with Crippen molar-refractivity contribution in [1.29, 1.82) is 0 Å². The van der Waals surface area contributed by atoms with Crippen molar-refractivity contribution in [3.8, 4) is 11.3 Å². The van der Waals surface area contributed by atoms with E-state index in [1.165, 1.54) is 24.3 Å². The summed E-state index contributed by atoms with van der Waals surface area (Å²) in [6, 6.07) is 7.47. The van der Waals surface area contributed by atoms with Gasteiger partial charge in [-0.25, -0.2) is 19.2 Å². The maximum atomic E-state index is 15.4. The van der Waals surface area contributed by atoms with Crippen molar-refractivity contribution in [3.63, 3.8) is 0 Å². The van der Waals surface area contributed by atoms with Crippen molar-refractivity contribution in [2.24, 2.45) is 0 Å². The highest BCUT2D eigenvalue weighted by Gasteiger charge is 2.30. The van der Waals surface area contributed by atoms with Gasteiger partial charge in [0.2, 0.25) is 0 Å². The fourth-order valence-corrected chi connectivity index (χ4v) is 4.76. The van der Waals surface area contributed by atoms with Gasteiger partial charge in [-0.2, -0.15) is 13.2 Å². The molecule has 210 valence electrons. The van der Waals surface area contributed by atoms with Crippen LogP contribution in [-0.4, -0.2) is 51.5 Å². The number of piperazine rings is 1. The maximum absolute atomic E-state index is 15.4. The van der Waals surface area contributed by atoms with E-state index in [-0.39, 0.29) is 22.8 Å². The Morgan fingerprint density at radius 3 is 2.50 bits per heavy atom. The van der Waals surface area contributed by atoms with Gasteiger partial charge >= 0.3 is 12.2 Å². The van der Waals surface area contributed by atoms with Crippen molar-refractivity contribution in [3.05, 3.63) is 71.6 Å². The maximum Gasteiger partial charge on any atom is 0.416 e. The van der Waals surface area contributed by atoms with Crippen LogP contribution in [0.1, 0.15) is 24.0 Å². The van der Waals surface area contributed by atoms with Crippen LogP contribution in [-0.2, 0) is 19.1 Å². The zero-order valence-electron chi connectivity index (χ0n) is 21.6. The molecule has 3 heterocycles. The molecule has 5 N–H and O–H groups in total. The number of nitrogens with one attached hydrogen (secondary N) is 3. The number of amides is 2. The van der Waals surface area contributed by atoms with Gasteiger partial charge in [0.05, 0.1) is 17.5 Å². The van der Waals surface area contributed by atoms with Crippen LogP contribution in [0.15, 0.2) is 48.7 Å². The number of aryl methyl sites for hydroxylation is 1. The molecule has 9 nitrogen and oxygen atoms in total. The van der Waals surface area contributed by atoms with Crippen LogP contribution < -0.4 is 21.7 Å².